The van der Waals surface area contributed by atoms with Crippen LogP contribution < -0.4 is 0 Å². The lowest BCUT2D eigenvalue weighted by Crippen LogP contribution is -2.49. The zero-order valence-corrected chi connectivity index (χ0v) is 14.5. The van der Waals surface area contributed by atoms with Crippen molar-refractivity contribution in [3.8, 4) is 0 Å². The third kappa shape index (κ3) is 9.73. The molecule has 0 rings (SSSR count). The topological polar surface area (TPSA) is 0 Å². The molecule has 0 aliphatic carbocycles. The van der Waals surface area contributed by atoms with Crippen molar-refractivity contribution in [2.75, 3.05) is 25.6 Å². The molecule has 0 N–H and O–H groups in total. The van der Waals surface area contributed by atoms with E-state index >= 15 is 0 Å². The van der Waals surface area contributed by atoms with Gasteiger partial charge in [-0.3, -0.25) is 0 Å². The second-order valence-electron chi connectivity index (χ2n) is 6.11. The first-order chi connectivity index (χ1) is 9.24. The SMILES string of the molecule is CCCCCC[N+](CCl)(CCCC)CCCCCC. The summed E-state index contributed by atoms with van der Waals surface area (Å²) in [6.07, 6.45) is 13.5. The highest BCUT2D eigenvalue weighted by Gasteiger charge is 2.24. The molecule has 0 spiro atoms. The Kier molecular flexibility index (Phi) is 13.4. The van der Waals surface area contributed by atoms with Gasteiger partial charge in [-0.05, 0) is 32.1 Å². The molecule has 0 aromatic carbocycles. The Morgan fingerprint density at radius 3 is 1.37 bits per heavy atom. The summed E-state index contributed by atoms with van der Waals surface area (Å²) in [6, 6.07) is 0.818. The molecule has 116 valence electrons. The van der Waals surface area contributed by atoms with Gasteiger partial charge in [0, 0.05) is 0 Å². The number of hydrogen-bond acceptors (Lipinski definition) is 0. The van der Waals surface area contributed by atoms with Crippen LogP contribution in [0.4, 0.5) is 0 Å². The van der Waals surface area contributed by atoms with Crippen LogP contribution in [0, 0.1) is 0 Å². The monoisotopic (exact) mass is 290 g/mol. The number of rotatable bonds is 14. The summed E-state index contributed by atoms with van der Waals surface area (Å²) in [5, 5.41) is 0. The Balaban J connectivity index is 4.15. The zero-order valence-electron chi connectivity index (χ0n) is 13.7. The van der Waals surface area contributed by atoms with Crippen LogP contribution in [0.1, 0.15) is 85.0 Å². The molecule has 0 fully saturated rings. The molecule has 0 saturated heterocycles. The fourth-order valence-corrected chi connectivity index (χ4v) is 3.11. The Labute approximate surface area is 127 Å². The van der Waals surface area contributed by atoms with Crippen LogP contribution in [0.15, 0.2) is 0 Å². The molecule has 0 heterocycles. The Hall–Kier alpha value is 0.250. The molecule has 0 unspecified atom stereocenters. The summed E-state index contributed by atoms with van der Waals surface area (Å²) in [7, 11) is 0. The van der Waals surface area contributed by atoms with Gasteiger partial charge in [0.15, 0.2) is 6.00 Å². The van der Waals surface area contributed by atoms with Crippen LogP contribution in [-0.4, -0.2) is 30.1 Å². The van der Waals surface area contributed by atoms with Gasteiger partial charge >= 0.3 is 0 Å². The minimum Gasteiger partial charge on any atom is -0.311 e. The van der Waals surface area contributed by atoms with E-state index < -0.39 is 0 Å². The second kappa shape index (κ2) is 13.2. The van der Waals surface area contributed by atoms with Gasteiger partial charge in [-0.15, -0.1) is 0 Å². The molecular formula is C17H37ClN+. The zero-order chi connectivity index (χ0) is 14.4. The Bertz CT molecular complexity index is 170. The lowest BCUT2D eigenvalue weighted by molar-refractivity contribution is -0.918. The summed E-state index contributed by atoms with van der Waals surface area (Å²) in [4.78, 5) is 0. The van der Waals surface area contributed by atoms with Gasteiger partial charge in [0.1, 0.15) is 0 Å². The van der Waals surface area contributed by atoms with E-state index in [1.807, 2.05) is 0 Å². The van der Waals surface area contributed by atoms with Crippen molar-refractivity contribution in [2.45, 2.75) is 85.0 Å². The average Bonchev–Trinajstić information content (AvgIpc) is 2.45. The molecule has 0 radical (unpaired) electrons. The fourth-order valence-electron chi connectivity index (χ4n) is 2.76. The van der Waals surface area contributed by atoms with E-state index in [0.717, 1.165) is 6.00 Å². The average molecular weight is 291 g/mol. The van der Waals surface area contributed by atoms with Gasteiger partial charge in [0.25, 0.3) is 0 Å². The molecule has 0 aromatic heterocycles. The lowest BCUT2D eigenvalue weighted by atomic mass is 10.1. The van der Waals surface area contributed by atoms with E-state index in [4.69, 9.17) is 11.6 Å². The summed E-state index contributed by atoms with van der Waals surface area (Å²) >= 11 is 6.36. The van der Waals surface area contributed by atoms with Crippen molar-refractivity contribution < 1.29 is 4.48 Å². The number of alkyl halides is 1. The van der Waals surface area contributed by atoms with Gasteiger partial charge in [0.05, 0.1) is 19.6 Å². The largest absolute Gasteiger partial charge is 0.311 e. The molecule has 0 aliphatic rings. The van der Waals surface area contributed by atoms with Crippen LogP contribution in [-0.2, 0) is 0 Å². The summed E-state index contributed by atoms with van der Waals surface area (Å²) in [5.41, 5.74) is 0. The number of quaternary nitrogens is 1. The molecule has 0 saturated carbocycles. The van der Waals surface area contributed by atoms with Crippen LogP contribution >= 0.6 is 11.6 Å². The van der Waals surface area contributed by atoms with Crippen molar-refractivity contribution in [2.24, 2.45) is 0 Å². The smallest absolute Gasteiger partial charge is 0.154 e. The normalized spacial score (nSPS) is 12.0. The highest BCUT2D eigenvalue weighted by Crippen LogP contribution is 2.17. The number of unbranched alkanes of at least 4 members (excludes halogenated alkanes) is 7. The van der Waals surface area contributed by atoms with Crippen molar-refractivity contribution in [1.29, 1.82) is 0 Å². The van der Waals surface area contributed by atoms with E-state index in [9.17, 15) is 0 Å². The van der Waals surface area contributed by atoms with E-state index in [2.05, 4.69) is 20.8 Å². The molecule has 1 nitrogen and oxygen atoms in total. The molecule has 2 heteroatoms. The van der Waals surface area contributed by atoms with E-state index in [1.165, 1.54) is 88.3 Å². The van der Waals surface area contributed by atoms with Crippen molar-refractivity contribution >= 4 is 11.6 Å². The minimum absolute atomic E-state index is 0.818. The first-order valence-electron chi connectivity index (χ1n) is 8.65. The molecule has 0 bridgehead atoms. The van der Waals surface area contributed by atoms with Crippen LogP contribution in [0.25, 0.3) is 0 Å². The van der Waals surface area contributed by atoms with Crippen molar-refractivity contribution in [3.63, 3.8) is 0 Å². The van der Waals surface area contributed by atoms with Crippen LogP contribution in [0.3, 0.4) is 0 Å². The summed E-state index contributed by atoms with van der Waals surface area (Å²) in [6.45, 7) is 10.7. The van der Waals surface area contributed by atoms with Crippen LogP contribution in [0.2, 0.25) is 0 Å². The lowest BCUT2D eigenvalue weighted by Gasteiger charge is -2.37. The van der Waals surface area contributed by atoms with Gasteiger partial charge in [-0.2, -0.15) is 0 Å². The first-order valence-corrected chi connectivity index (χ1v) is 9.19. The quantitative estimate of drug-likeness (QED) is 0.160. The molecule has 0 aliphatic heterocycles. The third-order valence-corrected chi connectivity index (χ3v) is 4.72. The van der Waals surface area contributed by atoms with Crippen molar-refractivity contribution in [3.05, 3.63) is 0 Å². The highest BCUT2D eigenvalue weighted by molar-refractivity contribution is 6.16. The first kappa shape index (κ1) is 19.2. The van der Waals surface area contributed by atoms with Gasteiger partial charge < -0.3 is 4.48 Å². The van der Waals surface area contributed by atoms with Gasteiger partial charge in [-0.1, -0.05) is 64.5 Å². The number of nitrogens with zero attached hydrogens (tertiary/aromatic N) is 1. The van der Waals surface area contributed by atoms with Crippen molar-refractivity contribution in [1.82, 2.24) is 0 Å². The maximum absolute atomic E-state index is 6.36. The minimum atomic E-state index is 0.818. The molecular weight excluding hydrogens is 254 g/mol. The van der Waals surface area contributed by atoms with E-state index in [1.54, 1.807) is 0 Å². The molecule has 0 aromatic rings. The molecule has 0 amide bonds. The van der Waals surface area contributed by atoms with Gasteiger partial charge in [-0.25, -0.2) is 0 Å². The summed E-state index contributed by atoms with van der Waals surface area (Å²) in [5.74, 6) is 0. The van der Waals surface area contributed by atoms with Gasteiger partial charge in [0.2, 0.25) is 0 Å². The number of halogens is 1. The standard InChI is InChI=1S/C17H37ClN/c1-4-7-10-12-15-19(17-18,14-9-6-3)16-13-11-8-5-2/h4-17H2,1-3H3/q+1. The van der Waals surface area contributed by atoms with E-state index in [0.29, 0.717) is 0 Å². The maximum Gasteiger partial charge on any atom is 0.154 e. The maximum atomic E-state index is 6.36. The summed E-state index contributed by atoms with van der Waals surface area (Å²) < 4.78 is 1.17. The highest BCUT2D eigenvalue weighted by atomic mass is 35.5. The Morgan fingerprint density at radius 1 is 0.579 bits per heavy atom. The third-order valence-electron chi connectivity index (χ3n) is 4.21. The Morgan fingerprint density at radius 2 is 1.00 bits per heavy atom. The molecule has 0 atom stereocenters. The fraction of sp³-hybridized carbons (Fsp3) is 1.00. The predicted octanol–water partition coefficient (Wildman–Crippen LogP) is 5.96. The molecule has 19 heavy (non-hydrogen) atoms. The second-order valence-corrected chi connectivity index (χ2v) is 6.35. The van der Waals surface area contributed by atoms with E-state index in [-0.39, 0.29) is 0 Å². The number of hydrogen-bond donors (Lipinski definition) is 0. The van der Waals surface area contributed by atoms with Crippen LogP contribution in [0.5, 0.6) is 0 Å². The predicted molar refractivity (Wildman–Crippen MR) is 88.8 cm³/mol.